The van der Waals surface area contributed by atoms with Gasteiger partial charge in [0, 0.05) is 6.42 Å². The highest BCUT2D eigenvalue weighted by molar-refractivity contribution is 5.75. The molecule has 0 aliphatic heterocycles. The summed E-state index contributed by atoms with van der Waals surface area (Å²) in [5, 5.41) is 0. The van der Waals surface area contributed by atoms with Crippen LogP contribution in [0.1, 0.15) is 17.5 Å². The van der Waals surface area contributed by atoms with Gasteiger partial charge in [0.15, 0.2) is 6.61 Å². The molecule has 0 unspecified atom stereocenters. The normalized spacial score (nSPS) is 11.3. The van der Waals surface area contributed by atoms with Crippen molar-refractivity contribution in [1.82, 2.24) is 5.48 Å². The lowest BCUT2D eigenvalue weighted by molar-refractivity contribution is -0.191. The number of carbonyl (C=O) groups is 1. The molecule has 0 atom stereocenters. The first kappa shape index (κ1) is 14.5. The second-order valence-corrected chi connectivity index (χ2v) is 3.91. The first-order valence-corrected chi connectivity index (χ1v) is 5.40. The number of aryl methyl sites for hydroxylation is 2. The van der Waals surface area contributed by atoms with Gasteiger partial charge >= 0.3 is 6.18 Å². The average molecular weight is 261 g/mol. The Hall–Kier alpha value is -1.56. The van der Waals surface area contributed by atoms with Crippen molar-refractivity contribution in [3.63, 3.8) is 0 Å². The molecule has 18 heavy (non-hydrogen) atoms. The topological polar surface area (TPSA) is 38.3 Å². The van der Waals surface area contributed by atoms with Gasteiger partial charge in [0.2, 0.25) is 5.91 Å². The van der Waals surface area contributed by atoms with Gasteiger partial charge in [-0.2, -0.15) is 13.2 Å². The van der Waals surface area contributed by atoms with Gasteiger partial charge in [0.1, 0.15) is 0 Å². The molecule has 0 spiro atoms. The monoisotopic (exact) mass is 261 g/mol. The minimum Gasteiger partial charge on any atom is -0.273 e. The number of hydroxylamine groups is 1. The van der Waals surface area contributed by atoms with Crippen molar-refractivity contribution in [2.24, 2.45) is 0 Å². The molecule has 0 saturated heterocycles. The smallest absolute Gasteiger partial charge is 0.273 e. The molecule has 6 heteroatoms. The van der Waals surface area contributed by atoms with Gasteiger partial charge in [-0.05, 0) is 18.9 Å². The molecule has 0 aromatic heterocycles. The molecule has 0 aliphatic rings. The molecule has 0 heterocycles. The summed E-state index contributed by atoms with van der Waals surface area (Å²) in [5.74, 6) is -0.570. The second-order valence-electron chi connectivity index (χ2n) is 3.91. The molecule has 0 bridgehead atoms. The Balaban J connectivity index is 2.23. The Labute approximate surface area is 103 Å². The number of nitrogens with one attached hydrogen (secondary N) is 1. The first-order valence-electron chi connectivity index (χ1n) is 5.40. The first-order chi connectivity index (χ1) is 8.37. The predicted octanol–water partition coefficient (Wildman–Crippen LogP) is 2.54. The summed E-state index contributed by atoms with van der Waals surface area (Å²) >= 11 is 0. The van der Waals surface area contributed by atoms with Crippen LogP contribution in [0.2, 0.25) is 0 Å². The number of benzene rings is 1. The highest BCUT2D eigenvalue weighted by Crippen LogP contribution is 2.13. The molecule has 0 radical (unpaired) electrons. The Bertz CT molecular complexity index is 387. The summed E-state index contributed by atoms with van der Waals surface area (Å²) in [6.07, 6.45) is -3.90. The Morgan fingerprint density at radius 2 is 1.89 bits per heavy atom. The Kier molecular flexibility index (Phi) is 5.15. The molecule has 0 fully saturated rings. The van der Waals surface area contributed by atoms with Crippen molar-refractivity contribution < 1.29 is 22.8 Å². The summed E-state index contributed by atoms with van der Waals surface area (Å²) in [6.45, 7) is 0.463. The van der Waals surface area contributed by atoms with Crippen LogP contribution in [-0.2, 0) is 16.1 Å². The Morgan fingerprint density at radius 1 is 1.28 bits per heavy atom. The summed E-state index contributed by atoms with van der Waals surface area (Å²) in [7, 11) is 0. The molecule has 1 amide bonds. The SMILES string of the molecule is Cc1ccc(CCC(=O)NOCC(F)(F)F)cc1. The van der Waals surface area contributed by atoms with Crippen molar-refractivity contribution in [1.29, 1.82) is 0 Å². The van der Waals surface area contributed by atoms with E-state index >= 15 is 0 Å². The van der Waals surface area contributed by atoms with E-state index in [0.29, 0.717) is 6.42 Å². The maximum atomic E-state index is 11.7. The van der Waals surface area contributed by atoms with Crippen LogP contribution >= 0.6 is 0 Å². The molecule has 3 nitrogen and oxygen atoms in total. The zero-order valence-electron chi connectivity index (χ0n) is 9.88. The summed E-state index contributed by atoms with van der Waals surface area (Å²) < 4.78 is 35.2. The van der Waals surface area contributed by atoms with Crippen LogP contribution < -0.4 is 5.48 Å². The van der Waals surface area contributed by atoms with E-state index in [1.54, 1.807) is 5.48 Å². The van der Waals surface area contributed by atoms with Crippen molar-refractivity contribution in [3.05, 3.63) is 35.4 Å². The second kappa shape index (κ2) is 6.39. The number of amides is 1. The number of halogens is 3. The number of rotatable bonds is 5. The Morgan fingerprint density at radius 3 is 2.44 bits per heavy atom. The fraction of sp³-hybridized carbons (Fsp3) is 0.417. The van der Waals surface area contributed by atoms with Gasteiger partial charge in [-0.1, -0.05) is 29.8 Å². The number of hydrogen-bond donors (Lipinski definition) is 1. The third-order valence-corrected chi connectivity index (χ3v) is 2.18. The molecular weight excluding hydrogens is 247 g/mol. The lowest BCUT2D eigenvalue weighted by Crippen LogP contribution is -2.29. The van der Waals surface area contributed by atoms with Gasteiger partial charge < -0.3 is 0 Å². The van der Waals surface area contributed by atoms with E-state index in [2.05, 4.69) is 4.84 Å². The van der Waals surface area contributed by atoms with Crippen molar-refractivity contribution in [2.45, 2.75) is 25.9 Å². The van der Waals surface area contributed by atoms with E-state index < -0.39 is 18.7 Å². The molecule has 1 N–H and O–H groups in total. The van der Waals surface area contributed by atoms with E-state index in [0.717, 1.165) is 11.1 Å². The summed E-state index contributed by atoms with van der Waals surface area (Å²) in [4.78, 5) is 15.2. The highest BCUT2D eigenvalue weighted by Gasteiger charge is 2.28. The van der Waals surface area contributed by atoms with E-state index in [1.165, 1.54) is 0 Å². The maximum absolute atomic E-state index is 11.7. The van der Waals surface area contributed by atoms with Gasteiger partial charge in [-0.25, -0.2) is 5.48 Å². The minimum absolute atomic E-state index is 0.0842. The van der Waals surface area contributed by atoms with Crippen molar-refractivity contribution in [3.8, 4) is 0 Å². The minimum atomic E-state index is -4.44. The van der Waals surface area contributed by atoms with E-state index in [4.69, 9.17) is 0 Å². The quantitative estimate of drug-likeness (QED) is 0.827. The maximum Gasteiger partial charge on any atom is 0.414 e. The van der Waals surface area contributed by atoms with Crippen LogP contribution in [0.15, 0.2) is 24.3 Å². The van der Waals surface area contributed by atoms with Crippen LogP contribution in [0.25, 0.3) is 0 Å². The van der Waals surface area contributed by atoms with E-state index in [9.17, 15) is 18.0 Å². The van der Waals surface area contributed by atoms with Crippen molar-refractivity contribution in [2.75, 3.05) is 6.61 Å². The summed E-state index contributed by atoms with van der Waals surface area (Å²) in [6, 6.07) is 7.57. The highest BCUT2D eigenvalue weighted by atomic mass is 19.4. The lowest BCUT2D eigenvalue weighted by Gasteiger charge is -2.08. The molecular formula is C12H14F3NO2. The van der Waals surface area contributed by atoms with Crippen LogP contribution in [0.4, 0.5) is 13.2 Å². The van der Waals surface area contributed by atoms with E-state index in [-0.39, 0.29) is 6.42 Å². The largest absolute Gasteiger partial charge is 0.414 e. The van der Waals surface area contributed by atoms with Crippen LogP contribution in [0.3, 0.4) is 0 Å². The summed E-state index contributed by atoms with van der Waals surface area (Å²) in [5.41, 5.74) is 3.82. The predicted molar refractivity (Wildman–Crippen MR) is 59.6 cm³/mol. The van der Waals surface area contributed by atoms with Gasteiger partial charge in [0.05, 0.1) is 0 Å². The zero-order chi connectivity index (χ0) is 13.6. The van der Waals surface area contributed by atoms with E-state index in [1.807, 2.05) is 31.2 Å². The molecule has 0 aliphatic carbocycles. The molecule has 1 rings (SSSR count). The molecule has 1 aromatic carbocycles. The third-order valence-electron chi connectivity index (χ3n) is 2.18. The standard InChI is InChI=1S/C12H14F3NO2/c1-9-2-4-10(5-3-9)6-7-11(17)16-18-8-12(13,14)15/h2-5H,6-8H2,1H3,(H,16,17). The number of hydrogen-bond acceptors (Lipinski definition) is 2. The third kappa shape index (κ3) is 6.24. The van der Waals surface area contributed by atoms with Gasteiger partial charge in [0.25, 0.3) is 0 Å². The van der Waals surface area contributed by atoms with Crippen LogP contribution in [0.5, 0.6) is 0 Å². The zero-order valence-corrected chi connectivity index (χ0v) is 9.88. The molecule has 0 saturated carbocycles. The molecule has 100 valence electrons. The van der Waals surface area contributed by atoms with Crippen LogP contribution in [-0.4, -0.2) is 18.7 Å². The average Bonchev–Trinajstić information content (AvgIpc) is 2.26. The van der Waals surface area contributed by atoms with Crippen molar-refractivity contribution >= 4 is 5.91 Å². The number of alkyl halides is 3. The van der Waals surface area contributed by atoms with Crippen LogP contribution in [0, 0.1) is 6.92 Å². The van der Waals surface area contributed by atoms with Gasteiger partial charge in [-0.3, -0.25) is 9.63 Å². The fourth-order valence-corrected chi connectivity index (χ4v) is 1.26. The van der Waals surface area contributed by atoms with Gasteiger partial charge in [-0.15, -0.1) is 0 Å². The lowest BCUT2D eigenvalue weighted by atomic mass is 10.1. The molecule has 1 aromatic rings. The fourth-order valence-electron chi connectivity index (χ4n) is 1.26. The number of carbonyl (C=O) groups excluding carboxylic acids is 1.